The van der Waals surface area contributed by atoms with Gasteiger partial charge in [-0.15, -0.1) is 0 Å². The minimum atomic E-state index is -0.0857. The maximum Gasteiger partial charge on any atom is 0.239 e. The summed E-state index contributed by atoms with van der Waals surface area (Å²) in [6.07, 6.45) is 3.01. The van der Waals surface area contributed by atoms with Gasteiger partial charge in [0.15, 0.2) is 0 Å². The minimum Gasteiger partial charge on any atom is -0.497 e. The second-order valence-corrected chi connectivity index (χ2v) is 5.50. The Morgan fingerprint density at radius 1 is 1.15 bits per heavy atom. The van der Waals surface area contributed by atoms with Gasteiger partial charge in [-0.2, -0.15) is 4.98 Å². The van der Waals surface area contributed by atoms with Crippen LogP contribution in [0, 0.1) is 0 Å². The van der Waals surface area contributed by atoms with Gasteiger partial charge in [-0.3, -0.25) is 4.98 Å². The van der Waals surface area contributed by atoms with E-state index in [1.165, 1.54) is 12.4 Å². The zero-order chi connectivity index (χ0) is 14.8. The second kappa shape index (κ2) is 5.36. The number of anilines is 1. The number of nitrogen functional groups attached to an aromatic ring is 1. The molecule has 0 unspecified atom stereocenters. The molecule has 0 amide bonds. The largest absolute Gasteiger partial charge is 0.497 e. The normalized spacial score (nSPS) is 11.2. The number of methoxy groups -OCH3 is 1. The summed E-state index contributed by atoms with van der Waals surface area (Å²) in [5.41, 5.74) is 6.55. The summed E-state index contributed by atoms with van der Waals surface area (Å²) < 4.78 is 11.1. The van der Waals surface area contributed by atoms with Crippen LogP contribution < -0.4 is 15.2 Å². The maximum absolute atomic E-state index is 5.81. The van der Waals surface area contributed by atoms with Crippen molar-refractivity contribution in [3.8, 4) is 17.4 Å². The van der Waals surface area contributed by atoms with E-state index < -0.39 is 0 Å². The molecular weight excluding hydrogens is 254 g/mol. The first kappa shape index (κ1) is 14.1. The number of nitrogens with two attached hydrogens (primary N) is 1. The molecule has 0 saturated carbocycles. The Morgan fingerprint density at radius 2 is 1.90 bits per heavy atom. The number of hydrogen-bond acceptors (Lipinski definition) is 5. The van der Waals surface area contributed by atoms with Crippen LogP contribution in [0.15, 0.2) is 30.6 Å². The third-order valence-electron chi connectivity index (χ3n) is 2.84. The van der Waals surface area contributed by atoms with E-state index in [0.717, 1.165) is 17.1 Å². The average Bonchev–Trinajstić information content (AvgIpc) is 2.38. The van der Waals surface area contributed by atoms with Crippen molar-refractivity contribution in [1.29, 1.82) is 0 Å². The molecule has 106 valence electrons. The van der Waals surface area contributed by atoms with Crippen LogP contribution >= 0.6 is 0 Å². The van der Waals surface area contributed by atoms with Crippen LogP contribution in [0.5, 0.6) is 17.4 Å². The lowest BCUT2D eigenvalue weighted by molar-refractivity contribution is 0.405. The molecule has 0 radical (unpaired) electrons. The number of aromatic nitrogens is 2. The zero-order valence-corrected chi connectivity index (χ0v) is 12.2. The predicted octanol–water partition coefficient (Wildman–Crippen LogP) is 3.16. The lowest BCUT2D eigenvalue weighted by atomic mass is 9.86. The predicted molar refractivity (Wildman–Crippen MR) is 78.2 cm³/mol. The molecule has 0 spiro atoms. The fourth-order valence-electron chi connectivity index (χ4n) is 1.84. The van der Waals surface area contributed by atoms with Gasteiger partial charge in [0, 0.05) is 5.56 Å². The van der Waals surface area contributed by atoms with Crippen molar-refractivity contribution in [2.24, 2.45) is 0 Å². The fourth-order valence-corrected chi connectivity index (χ4v) is 1.84. The molecule has 1 aromatic carbocycles. The third-order valence-corrected chi connectivity index (χ3v) is 2.84. The average molecular weight is 273 g/mol. The molecule has 1 heterocycles. The van der Waals surface area contributed by atoms with Gasteiger partial charge in [-0.25, -0.2) is 0 Å². The molecule has 2 aromatic rings. The van der Waals surface area contributed by atoms with Crippen molar-refractivity contribution in [2.45, 2.75) is 26.2 Å². The molecule has 1 aromatic heterocycles. The SMILES string of the molecule is COc1ccc(Oc2cncc(N)n2)c(C(C)(C)C)c1. The number of benzene rings is 1. The summed E-state index contributed by atoms with van der Waals surface area (Å²) in [5, 5.41) is 0. The Balaban J connectivity index is 2.41. The van der Waals surface area contributed by atoms with Crippen molar-refractivity contribution < 1.29 is 9.47 Å². The molecule has 0 bridgehead atoms. The summed E-state index contributed by atoms with van der Waals surface area (Å²) in [4.78, 5) is 8.06. The van der Waals surface area contributed by atoms with Crippen molar-refractivity contribution in [2.75, 3.05) is 12.8 Å². The van der Waals surface area contributed by atoms with Crippen LogP contribution in [0.4, 0.5) is 5.82 Å². The van der Waals surface area contributed by atoms with E-state index in [4.69, 9.17) is 15.2 Å². The molecule has 5 heteroatoms. The van der Waals surface area contributed by atoms with Crippen LogP contribution in [-0.2, 0) is 5.41 Å². The van der Waals surface area contributed by atoms with Crippen molar-refractivity contribution in [1.82, 2.24) is 9.97 Å². The van der Waals surface area contributed by atoms with Crippen molar-refractivity contribution in [3.05, 3.63) is 36.2 Å². The lowest BCUT2D eigenvalue weighted by Crippen LogP contribution is -2.13. The molecule has 0 aliphatic carbocycles. The Kier molecular flexibility index (Phi) is 3.79. The van der Waals surface area contributed by atoms with E-state index in [1.54, 1.807) is 7.11 Å². The molecule has 20 heavy (non-hydrogen) atoms. The molecule has 0 fully saturated rings. The summed E-state index contributed by atoms with van der Waals surface area (Å²) >= 11 is 0. The highest BCUT2D eigenvalue weighted by Gasteiger charge is 2.20. The monoisotopic (exact) mass is 273 g/mol. The van der Waals surface area contributed by atoms with Gasteiger partial charge in [-0.05, 0) is 23.6 Å². The van der Waals surface area contributed by atoms with Gasteiger partial charge in [0.05, 0.1) is 19.5 Å². The number of rotatable bonds is 3. The van der Waals surface area contributed by atoms with Gasteiger partial charge in [0.2, 0.25) is 5.88 Å². The summed E-state index contributed by atoms with van der Waals surface area (Å²) in [6, 6.07) is 5.68. The fraction of sp³-hybridized carbons (Fsp3) is 0.333. The molecule has 2 N–H and O–H groups in total. The molecule has 0 atom stereocenters. The van der Waals surface area contributed by atoms with E-state index >= 15 is 0 Å². The Morgan fingerprint density at radius 3 is 2.50 bits per heavy atom. The quantitative estimate of drug-likeness (QED) is 0.930. The van der Waals surface area contributed by atoms with Crippen LogP contribution in [0.3, 0.4) is 0 Å². The smallest absolute Gasteiger partial charge is 0.239 e. The summed E-state index contributed by atoms with van der Waals surface area (Å²) in [5.74, 6) is 2.22. The number of nitrogens with zero attached hydrogens (tertiary/aromatic N) is 2. The van der Waals surface area contributed by atoms with Gasteiger partial charge in [0.25, 0.3) is 0 Å². The lowest BCUT2D eigenvalue weighted by Gasteiger charge is -2.23. The Labute approximate surface area is 118 Å². The third kappa shape index (κ3) is 3.17. The molecule has 5 nitrogen and oxygen atoms in total. The zero-order valence-electron chi connectivity index (χ0n) is 12.2. The summed E-state index contributed by atoms with van der Waals surface area (Å²) in [7, 11) is 1.64. The minimum absolute atomic E-state index is 0.0857. The standard InChI is InChI=1S/C15H19N3O2/c1-15(2,3)11-7-10(19-4)5-6-12(11)20-14-9-17-8-13(16)18-14/h5-9H,1-4H3,(H2,16,18). The molecule has 0 aliphatic rings. The molecular formula is C15H19N3O2. The first-order valence-corrected chi connectivity index (χ1v) is 6.34. The van der Waals surface area contributed by atoms with Gasteiger partial charge in [-0.1, -0.05) is 20.8 Å². The van der Waals surface area contributed by atoms with E-state index in [-0.39, 0.29) is 5.41 Å². The van der Waals surface area contributed by atoms with Gasteiger partial charge in [0.1, 0.15) is 17.3 Å². The highest BCUT2D eigenvalue weighted by atomic mass is 16.5. The molecule has 2 rings (SSSR count). The molecule has 0 aliphatic heterocycles. The number of hydrogen-bond donors (Lipinski definition) is 1. The van der Waals surface area contributed by atoms with E-state index in [0.29, 0.717) is 11.7 Å². The van der Waals surface area contributed by atoms with Gasteiger partial charge >= 0.3 is 0 Å². The van der Waals surface area contributed by atoms with Crippen LogP contribution in [0.25, 0.3) is 0 Å². The maximum atomic E-state index is 5.81. The summed E-state index contributed by atoms with van der Waals surface area (Å²) in [6.45, 7) is 6.33. The highest BCUT2D eigenvalue weighted by Crippen LogP contribution is 2.36. The number of ether oxygens (including phenoxy) is 2. The first-order chi connectivity index (χ1) is 9.40. The van der Waals surface area contributed by atoms with Crippen molar-refractivity contribution in [3.63, 3.8) is 0 Å². The highest BCUT2D eigenvalue weighted by molar-refractivity contribution is 5.45. The van der Waals surface area contributed by atoms with E-state index in [1.807, 2.05) is 18.2 Å². The van der Waals surface area contributed by atoms with Crippen molar-refractivity contribution >= 4 is 5.82 Å². The van der Waals surface area contributed by atoms with E-state index in [9.17, 15) is 0 Å². The second-order valence-electron chi connectivity index (χ2n) is 5.50. The van der Waals surface area contributed by atoms with Gasteiger partial charge < -0.3 is 15.2 Å². The Hall–Kier alpha value is -2.30. The molecule has 0 saturated heterocycles. The Bertz CT molecular complexity index is 606. The first-order valence-electron chi connectivity index (χ1n) is 6.34. The van der Waals surface area contributed by atoms with Crippen LogP contribution in [0.1, 0.15) is 26.3 Å². The van der Waals surface area contributed by atoms with Crippen LogP contribution in [-0.4, -0.2) is 17.1 Å². The van der Waals surface area contributed by atoms with Crippen LogP contribution in [0.2, 0.25) is 0 Å². The topological polar surface area (TPSA) is 70.3 Å². The van der Waals surface area contributed by atoms with E-state index in [2.05, 4.69) is 30.7 Å².